The first-order valence-electron chi connectivity index (χ1n) is 9.35. The fraction of sp³-hybridized carbons (Fsp3) is 0.364. The zero-order valence-electron chi connectivity index (χ0n) is 15.8. The predicted molar refractivity (Wildman–Crippen MR) is 103 cm³/mol. The number of aliphatic carboxylic acids is 1. The highest BCUT2D eigenvalue weighted by Crippen LogP contribution is 2.44. The summed E-state index contributed by atoms with van der Waals surface area (Å²) in [5, 5.41) is 12.4. The Labute approximate surface area is 163 Å². The van der Waals surface area contributed by atoms with Crippen LogP contribution in [0.2, 0.25) is 0 Å². The van der Waals surface area contributed by atoms with E-state index in [4.69, 9.17) is 4.74 Å². The van der Waals surface area contributed by atoms with Crippen molar-refractivity contribution < 1.29 is 23.8 Å². The van der Waals surface area contributed by atoms with E-state index >= 15 is 0 Å². The van der Waals surface area contributed by atoms with Crippen LogP contribution in [-0.4, -0.2) is 30.6 Å². The maximum atomic E-state index is 13.6. The molecule has 2 aromatic rings. The number of hydrogen-bond acceptors (Lipinski definition) is 3. The number of carboxylic acids is 1. The second kappa shape index (κ2) is 8.42. The van der Waals surface area contributed by atoms with Gasteiger partial charge in [-0.25, -0.2) is 4.39 Å². The first-order valence-corrected chi connectivity index (χ1v) is 9.35. The molecule has 1 fully saturated rings. The molecule has 3 rings (SSSR count). The molecule has 1 aliphatic rings. The van der Waals surface area contributed by atoms with Gasteiger partial charge in [0.2, 0.25) is 5.91 Å². The van der Waals surface area contributed by atoms with Crippen molar-refractivity contribution in [3.05, 3.63) is 65.5 Å². The van der Waals surface area contributed by atoms with Gasteiger partial charge in [-0.3, -0.25) is 9.59 Å². The Morgan fingerprint density at radius 2 is 1.96 bits per heavy atom. The summed E-state index contributed by atoms with van der Waals surface area (Å²) in [6.07, 6.45) is 2.39. The van der Waals surface area contributed by atoms with Crippen molar-refractivity contribution in [2.45, 2.75) is 31.1 Å². The van der Waals surface area contributed by atoms with Crippen LogP contribution in [0.15, 0.2) is 48.5 Å². The second-order valence-corrected chi connectivity index (χ2v) is 7.21. The Kier molecular flexibility index (Phi) is 5.97. The Balaban J connectivity index is 1.71. The average Bonchev–Trinajstić information content (AvgIpc) is 2.64. The lowest BCUT2D eigenvalue weighted by Crippen LogP contribution is -2.50. The van der Waals surface area contributed by atoms with Gasteiger partial charge in [0.1, 0.15) is 11.6 Å². The molecule has 1 aliphatic carbocycles. The lowest BCUT2D eigenvalue weighted by Gasteiger charge is -2.41. The average molecular weight is 385 g/mol. The number of nitrogens with one attached hydrogen (secondary N) is 1. The molecule has 2 aromatic carbocycles. The fourth-order valence-electron chi connectivity index (χ4n) is 3.73. The second-order valence-electron chi connectivity index (χ2n) is 7.21. The van der Waals surface area contributed by atoms with Gasteiger partial charge in [0, 0.05) is 6.54 Å². The summed E-state index contributed by atoms with van der Waals surface area (Å²) in [5.41, 5.74) is 0.651. The third kappa shape index (κ3) is 4.01. The zero-order chi connectivity index (χ0) is 20.1. The lowest BCUT2D eigenvalue weighted by atomic mass is 9.63. The highest BCUT2D eigenvalue weighted by molar-refractivity contribution is 5.89. The highest BCUT2D eigenvalue weighted by Gasteiger charge is 2.45. The number of methoxy groups -OCH3 is 1. The summed E-state index contributed by atoms with van der Waals surface area (Å²) in [6, 6.07) is 13.3. The number of halogens is 1. The monoisotopic (exact) mass is 385 g/mol. The Bertz CT molecular complexity index is 863. The number of rotatable bonds is 8. The molecule has 1 unspecified atom stereocenters. The molecule has 0 bridgehead atoms. The molecule has 6 heteroatoms. The lowest BCUT2D eigenvalue weighted by molar-refractivity contribution is -0.141. The number of carbonyl (C=O) groups excluding carboxylic acids is 1. The number of carboxylic acid groups (broad SMARTS) is 1. The van der Waals surface area contributed by atoms with Crippen LogP contribution in [0, 0.1) is 11.7 Å². The summed E-state index contributed by atoms with van der Waals surface area (Å²) in [5.74, 6) is -1.77. The van der Waals surface area contributed by atoms with Gasteiger partial charge in [0.25, 0.3) is 0 Å². The minimum atomic E-state index is -0.986. The van der Waals surface area contributed by atoms with Crippen LogP contribution in [0.3, 0.4) is 0 Å². The Hall–Kier alpha value is -2.89. The van der Waals surface area contributed by atoms with Gasteiger partial charge in [-0.2, -0.15) is 0 Å². The minimum Gasteiger partial charge on any atom is -0.496 e. The zero-order valence-corrected chi connectivity index (χ0v) is 15.8. The van der Waals surface area contributed by atoms with Crippen molar-refractivity contribution >= 4 is 11.9 Å². The number of hydrogen-bond donors (Lipinski definition) is 2. The standard InChI is InChI=1S/C22H24FNO4/c1-28-19-9-3-2-6-15(19)12-16(20(25)26)14-24-21(27)22(10-5-11-22)17-7-4-8-18(23)13-17/h2-4,6-9,13,16H,5,10-12,14H2,1H3,(H,24,27)(H,25,26). The van der Waals surface area contributed by atoms with Gasteiger partial charge in [-0.1, -0.05) is 36.8 Å². The molecule has 1 amide bonds. The van der Waals surface area contributed by atoms with Crippen LogP contribution in [0.1, 0.15) is 30.4 Å². The first kappa shape index (κ1) is 19.9. The van der Waals surface area contributed by atoms with Crippen LogP contribution in [-0.2, 0) is 21.4 Å². The molecular weight excluding hydrogens is 361 g/mol. The Morgan fingerprint density at radius 1 is 1.21 bits per heavy atom. The molecule has 148 valence electrons. The van der Waals surface area contributed by atoms with E-state index in [0.29, 0.717) is 24.2 Å². The summed E-state index contributed by atoms with van der Waals surface area (Å²) in [6.45, 7) is 0.00325. The molecule has 0 spiro atoms. The van der Waals surface area contributed by atoms with E-state index in [-0.39, 0.29) is 24.7 Å². The van der Waals surface area contributed by atoms with E-state index in [1.807, 2.05) is 18.2 Å². The van der Waals surface area contributed by atoms with Crippen LogP contribution in [0.4, 0.5) is 4.39 Å². The summed E-state index contributed by atoms with van der Waals surface area (Å²) >= 11 is 0. The third-order valence-corrected chi connectivity index (χ3v) is 5.54. The molecule has 1 saturated carbocycles. The van der Waals surface area contributed by atoms with E-state index in [2.05, 4.69) is 5.32 Å². The summed E-state index contributed by atoms with van der Waals surface area (Å²) < 4.78 is 18.9. The maximum Gasteiger partial charge on any atom is 0.308 e. The van der Waals surface area contributed by atoms with Crippen molar-refractivity contribution in [3.8, 4) is 5.75 Å². The van der Waals surface area contributed by atoms with E-state index in [1.165, 1.54) is 19.2 Å². The minimum absolute atomic E-state index is 0.00325. The SMILES string of the molecule is COc1ccccc1CC(CNC(=O)C1(c2cccc(F)c2)CCC1)C(=O)O. The van der Waals surface area contributed by atoms with Gasteiger partial charge in [0.15, 0.2) is 0 Å². The number of benzene rings is 2. The molecule has 0 radical (unpaired) electrons. The molecule has 2 N–H and O–H groups in total. The quantitative estimate of drug-likeness (QED) is 0.731. The molecule has 0 aromatic heterocycles. The number of ether oxygens (including phenoxy) is 1. The fourth-order valence-corrected chi connectivity index (χ4v) is 3.73. The van der Waals surface area contributed by atoms with Crippen molar-refractivity contribution in [2.24, 2.45) is 5.92 Å². The van der Waals surface area contributed by atoms with Gasteiger partial charge in [-0.15, -0.1) is 0 Å². The molecule has 0 saturated heterocycles. The molecule has 0 aliphatic heterocycles. The van der Waals surface area contributed by atoms with Gasteiger partial charge in [-0.05, 0) is 48.6 Å². The topological polar surface area (TPSA) is 75.6 Å². The van der Waals surface area contributed by atoms with Crippen molar-refractivity contribution in [1.82, 2.24) is 5.32 Å². The number of carbonyl (C=O) groups is 2. The number of para-hydroxylation sites is 1. The Morgan fingerprint density at radius 3 is 2.57 bits per heavy atom. The van der Waals surface area contributed by atoms with Gasteiger partial charge in [0.05, 0.1) is 18.4 Å². The molecular formula is C22H24FNO4. The first-order chi connectivity index (χ1) is 13.5. The third-order valence-electron chi connectivity index (χ3n) is 5.54. The van der Waals surface area contributed by atoms with Crippen molar-refractivity contribution in [1.29, 1.82) is 0 Å². The largest absolute Gasteiger partial charge is 0.496 e. The van der Waals surface area contributed by atoms with E-state index in [9.17, 15) is 19.1 Å². The van der Waals surface area contributed by atoms with Crippen molar-refractivity contribution in [2.75, 3.05) is 13.7 Å². The summed E-state index contributed by atoms with van der Waals surface area (Å²) in [4.78, 5) is 24.6. The van der Waals surface area contributed by atoms with Gasteiger partial charge < -0.3 is 15.2 Å². The van der Waals surface area contributed by atoms with E-state index < -0.39 is 17.3 Å². The van der Waals surface area contributed by atoms with Crippen LogP contribution in [0.5, 0.6) is 5.75 Å². The predicted octanol–water partition coefficient (Wildman–Crippen LogP) is 3.32. The maximum absolute atomic E-state index is 13.6. The number of amides is 1. The van der Waals surface area contributed by atoms with E-state index in [1.54, 1.807) is 18.2 Å². The smallest absolute Gasteiger partial charge is 0.308 e. The highest BCUT2D eigenvalue weighted by atomic mass is 19.1. The summed E-state index contributed by atoms with van der Waals surface area (Å²) in [7, 11) is 1.54. The molecule has 0 heterocycles. The van der Waals surface area contributed by atoms with E-state index in [0.717, 1.165) is 12.0 Å². The molecule has 5 nitrogen and oxygen atoms in total. The molecule has 28 heavy (non-hydrogen) atoms. The van der Waals surface area contributed by atoms with Gasteiger partial charge >= 0.3 is 5.97 Å². The molecule has 1 atom stereocenters. The van der Waals surface area contributed by atoms with Crippen LogP contribution >= 0.6 is 0 Å². The van der Waals surface area contributed by atoms with Crippen LogP contribution < -0.4 is 10.1 Å². The van der Waals surface area contributed by atoms with Crippen LogP contribution in [0.25, 0.3) is 0 Å². The van der Waals surface area contributed by atoms with Crippen molar-refractivity contribution in [3.63, 3.8) is 0 Å². The normalized spacial score (nSPS) is 15.9.